The summed E-state index contributed by atoms with van der Waals surface area (Å²) < 4.78 is 0. The van der Waals surface area contributed by atoms with Gasteiger partial charge in [-0.3, -0.25) is 9.69 Å². The quantitative estimate of drug-likeness (QED) is 0.843. The summed E-state index contributed by atoms with van der Waals surface area (Å²) in [6.07, 6.45) is 6.53. The largest absolute Gasteiger partial charge is 0.396 e. The Morgan fingerprint density at radius 1 is 1.17 bits per heavy atom. The molecule has 0 spiro atoms. The van der Waals surface area contributed by atoms with Crippen LogP contribution >= 0.6 is 0 Å². The fourth-order valence-electron chi connectivity index (χ4n) is 4.18. The molecule has 2 N–H and O–H groups in total. The first-order valence-corrected chi connectivity index (χ1v) is 9.41. The zero-order valence-electron chi connectivity index (χ0n) is 14.5. The zero-order chi connectivity index (χ0) is 16.8. The van der Waals surface area contributed by atoms with Crippen LogP contribution in [-0.2, 0) is 11.3 Å². The van der Waals surface area contributed by atoms with Gasteiger partial charge in [0, 0.05) is 38.1 Å². The van der Waals surface area contributed by atoms with Gasteiger partial charge in [0.2, 0.25) is 5.91 Å². The minimum atomic E-state index is 0.0707. The lowest BCUT2D eigenvalue weighted by molar-refractivity contribution is -0.123. The Morgan fingerprint density at radius 2 is 1.92 bits per heavy atom. The molecule has 24 heavy (non-hydrogen) atoms. The van der Waals surface area contributed by atoms with Crippen molar-refractivity contribution < 1.29 is 9.90 Å². The summed E-state index contributed by atoms with van der Waals surface area (Å²) in [4.78, 5) is 14.8. The third kappa shape index (κ3) is 4.81. The smallest absolute Gasteiger partial charge is 0.220 e. The number of hydrogen-bond acceptors (Lipinski definition) is 3. The van der Waals surface area contributed by atoms with E-state index in [9.17, 15) is 9.90 Å². The number of likely N-dealkylation sites (tertiary alicyclic amines) is 1. The van der Waals surface area contributed by atoms with Crippen molar-refractivity contribution in [3.05, 3.63) is 35.9 Å². The molecule has 1 heterocycles. The summed E-state index contributed by atoms with van der Waals surface area (Å²) in [5.41, 5.74) is 1.30. The van der Waals surface area contributed by atoms with Crippen molar-refractivity contribution in [3.8, 4) is 0 Å². The molecule has 0 bridgehead atoms. The molecule has 3 rings (SSSR count). The van der Waals surface area contributed by atoms with Crippen LogP contribution in [0.1, 0.15) is 44.1 Å². The molecule has 2 aliphatic rings. The fourth-order valence-corrected chi connectivity index (χ4v) is 4.18. The molecule has 1 amide bonds. The Balaban J connectivity index is 1.53. The maximum absolute atomic E-state index is 12.4. The monoisotopic (exact) mass is 330 g/mol. The molecule has 4 heteroatoms. The number of aliphatic hydroxyl groups is 1. The third-order valence-electron chi connectivity index (χ3n) is 5.62. The van der Waals surface area contributed by atoms with Gasteiger partial charge in [0.15, 0.2) is 0 Å². The maximum atomic E-state index is 12.4. The van der Waals surface area contributed by atoms with Crippen LogP contribution in [0.2, 0.25) is 0 Å². The zero-order valence-corrected chi connectivity index (χ0v) is 14.5. The van der Waals surface area contributed by atoms with E-state index in [4.69, 9.17) is 0 Å². The second-order valence-electron chi connectivity index (χ2n) is 7.48. The molecule has 132 valence electrons. The van der Waals surface area contributed by atoms with Gasteiger partial charge in [-0.25, -0.2) is 0 Å². The number of piperidine rings is 1. The number of hydrogen-bond donors (Lipinski definition) is 2. The van der Waals surface area contributed by atoms with E-state index in [1.807, 2.05) is 6.07 Å². The van der Waals surface area contributed by atoms with Crippen molar-refractivity contribution in [2.45, 2.75) is 51.1 Å². The molecule has 0 aromatic heterocycles. The molecule has 2 fully saturated rings. The highest BCUT2D eigenvalue weighted by atomic mass is 16.3. The second-order valence-corrected chi connectivity index (χ2v) is 7.48. The number of amides is 1. The Labute approximate surface area is 145 Å². The van der Waals surface area contributed by atoms with E-state index < -0.39 is 0 Å². The first kappa shape index (κ1) is 17.4. The lowest BCUT2D eigenvalue weighted by atomic mass is 9.91. The van der Waals surface area contributed by atoms with Crippen LogP contribution in [0.3, 0.4) is 0 Å². The van der Waals surface area contributed by atoms with Crippen LogP contribution in [-0.4, -0.2) is 41.7 Å². The molecule has 2 atom stereocenters. The van der Waals surface area contributed by atoms with Crippen LogP contribution in [0.5, 0.6) is 0 Å². The third-order valence-corrected chi connectivity index (χ3v) is 5.62. The van der Waals surface area contributed by atoms with Gasteiger partial charge >= 0.3 is 0 Å². The predicted molar refractivity (Wildman–Crippen MR) is 95.4 cm³/mol. The second kappa shape index (κ2) is 8.63. The average molecular weight is 330 g/mol. The SMILES string of the molecule is O=C(CC1CCCC1)NC1CN(Cc2ccccc2)CCC1CO. The van der Waals surface area contributed by atoms with E-state index in [0.717, 1.165) is 26.1 Å². The Bertz CT molecular complexity index is 514. The molecule has 1 aliphatic heterocycles. The van der Waals surface area contributed by atoms with E-state index >= 15 is 0 Å². The summed E-state index contributed by atoms with van der Waals surface area (Å²) in [7, 11) is 0. The van der Waals surface area contributed by atoms with Crippen molar-refractivity contribution in [2.24, 2.45) is 11.8 Å². The number of nitrogens with zero attached hydrogens (tertiary/aromatic N) is 1. The minimum absolute atomic E-state index is 0.0707. The molecule has 1 aliphatic carbocycles. The van der Waals surface area contributed by atoms with Gasteiger partial charge in [0.05, 0.1) is 0 Å². The summed E-state index contributed by atoms with van der Waals surface area (Å²) >= 11 is 0. The first-order valence-electron chi connectivity index (χ1n) is 9.41. The van der Waals surface area contributed by atoms with E-state index in [1.54, 1.807) is 0 Å². The van der Waals surface area contributed by atoms with Crippen LogP contribution in [0.4, 0.5) is 0 Å². The number of rotatable bonds is 6. The van der Waals surface area contributed by atoms with E-state index in [-0.39, 0.29) is 24.5 Å². The molecule has 1 aromatic carbocycles. The number of carbonyl (C=O) groups is 1. The minimum Gasteiger partial charge on any atom is -0.396 e. The van der Waals surface area contributed by atoms with Gasteiger partial charge in [-0.1, -0.05) is 43.2 Å². The number of aliphatic hydroxyl groups excluding tert-OH is 1. The van der Waals surface area contributed by atoms with Gasteiger partial charge in [-0.2, -0.15) is 0 Å². The topological polar surface area (TPSA) is 52.6 Å². The summed E-state index contributed by atoms with van der Waals surface area (Å²) in [5, 5.41) is 12.9. The molecule has 2 unspecified atom stereocenters. The summed E-state index contributed by atoms with van der Waals surface area (Å²) in [6.45, 7) is 2.88. The van der Waals surface area contributed by atoms with Gasteiger partial charge in [0.1, 0.15) is 0 Å². The van der Waals surface area contributed by atoms with Gasteiger partial charge < -0.3 is 10.4 Å². The highest BCUT2D eigenvalue weighted by Gasteiger charge is 2.30. The van der Waals surface area contributed by atoms with Crippen molar-refractivity contribution in [2.75, 3.05) is 19.7 Å². The van der Waals surface area contributed by atoms with Crippen LogP contribution < -0.4 is 5.32 Å². The normalized spacial score (nSPS) is 25.7. The Morgan fingerprint density at radius 3 is 2.62 bits per heavy atom. The molecule has 1 saturated heterocycles. The number of nitrogens with one attached hydrogen (secondary N) is 1. The van der Waals surface area contributed by atoms with Crippen molar-refractivity contribution in [1.82, 2.24) is 10.2 Å². The fraction of sp³-hybridized carbons (Fsp3) is 0.650. The van der Waals surface area contributed by atoms with Gasteiger partial charge in [-0.15, -0.1) is 0 Å². The van der Waals surface area contributed by atoms with E-state index in [2.05, 4.69) is 34.5 Å². The van der Waals surface area contributed by atoms with Crippen molar-refractivity contribution in [1.29, 1.82) is 0 Å². The number of benzene rings is 1. The summed E-state index contributed by atoms with van der Waals surface area (Å²) in [5.74, 6) is 0.929. The Hall–Kier alpha value is -1.39. The maximum Gasteiger partial charge on any atom is 0.220 e. The predicted octanol–water partition coefficient (Wildman–Crippen LogP) is 2.57. The van der Waals surface area contributed by atoms with Gasteiger partial charge in [0.25, 0.3) is 0 Å². The average Bonchev–Trinajstić information content (AvgIpc) is 3.09. The summed E-state index contributed by atoms with van der Waals surface area (Å²) in [6, 6.07) is 10.5. The van der Waals surface area contributed by atoms with Crippen LogP contribution in [0, 0.1) is 11.8 Å². The van der Waals surface area contributed by atoms with Crippen molar-refractivity contribution >= 4 is 5.91 Å². The number of carbonyl (C=O) groups excluding carboxylic acids is 1. The van der Waals surface area contributed by atoms with Crippen molar-refractivity contribution in [3.63, 3.8) is 0 Å². The molecular formula is C20H30N2O2. The molecular weight excluding hydrogens is 300 g/mol. The van der Waals surface area contributed by atoms with E-state index in [1.165, 1.54) is 31.2 Å². The highest BCUT2D eigenvalue weighted by Crippen LogP contribution is 2.27. The lowest BCUT2D eigenvalue weighted by Gasteiger charge is -2.38. The standard InChI is InChI=1S/C20H30N2O2/c23-15-18-10-11-22(13-17-8-2-1-3-9-17)14-19(18)21-20(24)12-16-6-4-5-7-16/h1-3,8-9,16,18-19,23H,4-7,10-15H2,(H,21,24). The van der Waals surface area contributed by atoms with Crippen LogP contribution in [0.25, 0.3) is 0 Å². The molecule has 4 nitrogen and oxygen atoms in total. The van der Waals surface area contributed by atoms with Crippen LogP contribution in [0.15, 0.2) is 30.3 Å². The molecule has 0 radical (unpaired) electrons. The first-order chi connectivity index (χ1) is 11.7. The lowest BCUT2D eigenvalue weighted by Crippen LogP contribution is -2.53. The van der Waals surface area contributed by atoms with Gasteiger partial charge in [-0.05, 0) is 37.3 Å². The molecule has 1 aromatic rings. The highest BCUT2D eigenvalue weighted by molar-refractivity contribution is 5.76. The van der Waals surface area contributed by atoms with E-state index in [0.29, 0.717) is 12.3 Å². The Kier molecular flexibility index (Phi) is 6.27. The molecule has 1 saturated carbocycles.